The minimum absolute atomic E-state index is 0.0876. The number of hydrogen-bond donors (Lipinski definition) is 1. The number of nitrogens with zero attached hydrogens (tertiary/aromatic N) is 5. The lowest BCUT2D eigenvalue weighted by Crippen LogP contribution is -2.43. The number of benzene rings is 1. The molecule has 0 unspecified atom stereocenters. The average molecular weight is 358 g/mol. The maximum atomic E-state index is 11.3. The van der Waals surface area contributed by atoms with E-state index < -0.39 is 0 Å². The third-order valence-corrected chi connectivity index (χ3v) is 4.86. The molecule has 2 fully saturated rings. The lowest BCUT2D eigenvalue weighted by molar-refractivity contribution is -0.120. The van der Waals surface area contributed by atoms with Crippen molar-refractivity contribution >= 4 is 11.6 Å². The summed E-state index contributed by atoms with van der Waals surface area (Å²) in [7, 11) is 4.00. The fourth-order valence-electron chi connectivity index (χ4n) is 3.59. The Balaban J connectivity index is 1.57. The molecule has 138 valence electrons. The van der Waals surface area contributed by atoms with E-state index in [2.05, 4.69) is 20.8 Å². The number of ether oxygens (including phenoxy) is 2. The van der Waals surface area contributed by atoms with E-state index in [-0.39, 0.29) is 30.2 Å². The number of hydrogen-bond acceptors (Lipinski definition) is 7. The van der Waals surface area contributed by atoms with Crippen molar-refractivity contribution in [2.75, 3.05) is 32.2 Å². The van der Waals surface area contributed by atoms with Gasteiger partial charge < -0.3 is 19.7 Å². The van der Waals surface area contributed by atoms with Crippen LogP contribution in [0.5, 0.6) is 0 Å². The van der Waals surface area contributed by atoms with Crippen molar-refractivity contribution in [2.45, 2.75) is 31.2 Å². The van der Waals surface area contributed by atoms with E-state index >= 15 is 0 Å². The second-order valence-electron chi connectivity index (χ2n) is 6.86. The summed E-state index contributed by atoms with van der Waals surface area (Å²) in [6.45, 7) is 2.37. The highest BCUT2D eigenvalue weighted by Crippen LogP contribution is 2.35. The topological polar surface area (TPSA) is 94.4 Å². The van der Waals surface area contributed by atoms with E-state index in [0.29, 0.717) is 19.0 Å². The van der Waals surface area contributed by atoms with Crippen LogP contribution in [0.2, 0.25) is 0 Å². The van der Waals surface area contributed by atoms with Gasteiger partial charge in [0.2, 0.25) is 5.91 Å². The van der Waals surface area contributed by atoms with E-state index in [4.69, 9.17) is 9.47 Å². The Kier molecular flexibility index (Phi) is 4.33. The van der Waals surface area contributed by atoms with E-state index in [1.807, 2.05) is 43.3 Å². The van der Waals surface area contributed by atoms with Gasteiger partial charge >= 0.3 is 0 Å². The van der Waals surface area contributed by atoms with Crippen molar-refractivity contribution in [1.82, 2.24) is 25.5 Å². The number of amides is 1. The van der Waals surface area contributed by atoms with E-state index in [9.17, 15) is 4.79 Å². The molecule has 3 heterocycles. The predicted molar refractivity (Wildman–Crippen MR) is 93.7 cm³/mol. The first-order valence-corrected chi connectivity index (χ1v) is 8.60. The van der Waals surface area contributed by atoms with Crippen molar-refractivity contribution in [3.63, 3.8) is 0 Å². The molecular weight excluding hydrogens is 336 g/mol. The Morgan fingerprint density at radius 2 is 1.92 bits per heavy atom. The van der Waals surface area contributed by atoms with Gasteiger partial charge in [-0.2, -0.15) is 0 Å². The Morgan fingerprint density at radius 1 is 1.19 bits per heavy atom. The number of anilines is 1. The monoisotopic (exact) mass is 358 g/mol. The van der Waals surface area contributed by atoms with Crippen LogP contribution in [0, 0.1) is 0 Å². The summed E-state index contributed by atoms with van der Waals surface area (Å²) in [5.41, 5.74) is 2.04. The number of nitrogens with one attached hydrogen (secondary N) is 1. The first-order valence-electron chi connectivity index (χ1n) is 8.60. The maximum Gasteiger partial charge on any atom is 0.217 e. The van der Waals surface area contributed by atoms with Gasteiger partial charge in [0.15, 0.2) is 5.82 Å². The van der Waals surface area contributed by atoms with Gasteiger partial charge in [0.1, 0.15) is 18.2 Å². The molecule has 1 N–H and O–H groups in total. The van der Waals surface area contributed by atoms with Gasteiger partial charge in [0, 0.05) is 32.3 Å². The van der Waals surface area contributed by atoms with Crippen LogP contribution >= 0.6 is 0 Å². The molecule has 2 aromatic rings. The molecule has 0 saturated carbocycles. The van der Waals surface area contributed by atoms with Crippen molar-refractivity contribution in [2.24, 2.45) is 0 Å². The number of carbonyl (C=O) groups excluding carboxylic acids is 1. The fourth-order valence-corrected chi connectivity index (χ4v) is 3.59. The standard InChI is InChI=1S/C17H22N6O3/c1-10(24)18-13-8-25-16-14(9-26-15(13)16)23-17(19-20-21-23)11-4-6-12(7-5-11)22(2)3/h4-7,13-16H,8-9H2,1-3H3,(H,18,24)/t13-,14+,15-,16+/m1/s1. The van der Waals surface area contributed by atoms with Gasteiger partial charge in [-0.15, -0.1) is 5.10 Å². The van der Waals surface area contributed by atoms with Crippen molar-refractivity contribution in [3.8, 4) is 11.4 Å². The Hall–Kier alpha value is -2.52. The normalized spacial score (nSPS) is 27.3. The van der Waals surface area contributed by atoms with Gasteiger partial charge in [-0.1, -0.05) is 0 Å². The molecule has 1 amide bonds. The Bertz CT molecular complexity index is 790. The summed E-state index contributed by atoms with van der Waals surface area (Å²) in [6, 6.07) is 7.79. The first-order chi connectivity index (χ1) is 12.5. The van der Waals surface area contributed by atoms with Crippen LogP contribution in [0.3, 0.4) is 0 Å². The molecule has 4 atom stereocenters. The summed E-state index contributed by atoms with van der Waals surface area (Å²) in [5.74, 6) is 0.589. The summed E-state index contributed by atoms with van der Waals surface area (Å²) in [4.78, 5) is 13.4. The van der Waals surface area contributed by atoms with Crippen molar-refractivity contribution in [1.29, 1.82) is 0 Å². The zero-order chi connectivity index (χ0) is 18.3. The minimum Gasteiger partial charge on any atom is -0.378 e. The Labute approximate surface area is 151 Å². The van der Waals surface area contributed by atoms with Gasteiger partial charge in [-0.05, 0) is 34.7 Å². The summed E-state index contributed by atoms with van der Waals surface area (Å²) < 4.78 is 13.6. The molecule has 9 heteroatoms. The molecule has 4 rings (SSSR count). The van der Waals surface area contributed by atoms with Gasteiger partial charge in [0.25, 0.3) is 0 Å². The predicted octanol–water partition coefficient (Wildman–Crippen LogP) is 0.250. The molecule has 0 spiro atoms. The first kappa shape index (κ1) is 16.9. The quantitative estimate of drug-likeness (QED) is 0.837. The minimum atomic E-state index is -0.185. The largest absolute Gasteiger partial charge is 0.378 e. The maximum absolute atomic E-state index is 11.3. The summed E-state index contributed by atoms with van der Waals surface area (Å²) in [5, 5.41) is 15.1. The van der Waals surface area contributed by atoms with Gasteiger partial charge in [-0.25, -0.2) is 4.68 Å². The highest BCUT2D eigenvalue weighted by Gasteiger charge is 2.49. The smallest absolute Gasteiger partial charge is 0.217 e. The number of aromatic nitrogens is 4. The zero-order valence-corrected chi connectivity index (χ0v) is 15.0. The highest BCUT2D eigenvalue weighted by atomic mass is 16.6. The molecule has 2 aliphatic heterocycles. The van der Waals surface area contributed by atoms with Crippen molar-refractivity contribution in [3.05, 3.63) is 24.3 Å². The van der Waals surface area contributed by atoms with Gasteiger partial charge in [-0.3, -0.25) is 4.79 Å². The molecule has 0 aliphatic carbocycles. The number of tetrazole rings is 1. The van der Waals surface area contributed by atoms with Crippen LogP contribution in [0.1, 0.15) is 13.0 Å². The molecule has 9 nitrogen and oxygen atoms in total. The molecule has 0 bridgehead atoms. The summed E-state index contributed by atoms with van der Waals surface area (Å²) >= 11 is 0. The van der Waals surface area contributed by atoms with E-state index in [0.717, 1.165) is 11.3 Å². The van der Waals surface area contributed by atoms with Crippen LogP contribution in [0.25, 0.3) is 11.4 Å². The second-order valence-corrected chi connectivity index (χ2v) is 6.86. The number of carbonyl (C=O) groups is 1. The number of rotatable bonds is 4. The van der Waals surface area contributed by atoms with E-state index in [1.54, 1.807) is 4.68 Å². The number of fused-ring (bicyclic) bond motifs is 1. The molecule has 1 aromatic heterocycles. The molecule has 2 saturated heterocycles. The Morgan fingerprint density at radius 3 is 2.62 bits per heavy atom. The zero-order valence-electron chi connectivity index (χ0n) is 15.0. The van der Waals surface area contributed by atoms with Crippen LogP contribution < -0.4 is 10.2 Å². The third kappa shape index (κ3) is 2.93. The SMILES string of the molecule is CC(=O)N[C@@H]1CO[C@@H]2[C@@H]1OC[C@@H]2n1nnnc1-c1ccc(N(C)C)cc1. The molecule has 2 aliphatic rings. The lowest BCUT2D eigenvalue weighted by atomic mass is 10.1. The van der Waals surface area contributed by atoms with Crippen LogP contribution in [-0.2, 0) is 14.3 Å². The molecule has 26 heavy (non-hydrogen) atoms. The van der Waals surface area contributed by atoms with Crippen LogP contribution in [0.4, 0.5) is 5.69 Å². The highest BCUT2D eigenvalue weighted by molar-refractivity contribution is 5.73. The lowest BCUT2D eigenvalue weighted by Gasteiger charge is -2.18. The van der Waals surface area contributed by atoms with Crippen LogP contribution in [-0.4, -0.2) is 71.7 Å². The second kappa shape index (κ2) is 6.65. The average Bonchev–Trinajstić information content (AvgIpc) is 3.31. The van der Waals surface area contributed by atoms with E-state index in [1.165, 1.54) is 6.92 Å². The molecule has 1 aromatic carbocycles. The molecule has 0 radical (unpaired) electrons. The molecular formula is C17H22N6O3. The summed E-state index contributed by atoms with van der Waals surface area (Å²) in [6.07, 6.45) is -0.368. The van der Waals surface area contributed by atoms with Gasteiger partial charge in [0.05, 0.1) is 19.3 Å². The third-order valence-electron chi connectivity index (χ3n) is 4.86. The van der Waals surface area contributed by atoms with Crippen molar-refractivity contribution < 1.29 is 14.3 Å². The van der Waals surface area contributed by atoms with Crippen LogP contribution in [0.15, 0.2) is 24.3 Å². The fraction of sp³-hybridized carbons (Fsp3) is 0.529.